The van der Waals surface area contributed by atoms with Gasteiger partial charge in [-0.15, -0.1) is 0 Å². The third-order valence-corrected chi connectivity index (χ3v) is 5.64. The van der Waals surface area contributed by atoms with E-state index in [1.54, 1.807) is 0 Å². The Morgan fingerprint density at radius 3 is 2.58 bits per heavy atom. The average Bonchev–Trinajstić information content (AvgIpc) is 2.58. The summed E-state index contributed by atoms with van der Waals surface area (Å²) in [5.74, 6) is 1.81. The van der Waals surface area contributed by atoms with Crippen LogP contribution >= 0.6 is 0 Å². The SMILES string of the molecule is CCN(CC)C(=O)CCCCN(C)C(=O)C1=CC2CCCC(C1)C2. The maximum absolute atomic E-state index is 12.6. The molecule has 0 aliphatic heterocycles. The lowest BCUT2D eigenvalue weighted by Gasteiger charge is -2.34. The maximum atomic E-state index is 12.6. The van der Waals surface area contributed by atoms with E-state index in [9.17, 15) is 9.59 Å². The molecule has 2 bridgehead atoms. The number of nitrogens with zero attached hydrogens (tertiary/aromatic N) is 2. The lowest BCUT2D eigenvalue weighted by atomic mass is 9.73. The first-order valence-corrected chi connectivity index (χ1v) is 9.79. The molecule has 2 aliphatic carbocycles. The van der Waals surface area contributed by atoms with Crippen LogP contribution in [0.25, 0.3) is 0 Å². The highest BCUT2D eigenvalue weighted by Gasteiger charge is 2.29. The van der Waals surface area contributed by atoms with Crippen LogP contribution in [-0.4, -0.2) is 48.3 Å². The second-order valence-corrected chi connectivity index (χ2v) is 7.44. The van der Waals surface area contributed by atoms with E-state index in [0.717, 1.165) is 50.4 Å². The number of carbonyl (C=O) groups is 2. The Balaban J connectivity index is 1.72. The standard InChI is InChI=1S/C20H34N2O2/c1-4-22(5-2)19(23)11-6-7-12-21(3)20(24)18-14-16-9-8-10-17(13-16)15-18/h14,16-17H,4-13,15H2,1-3H3. The molecule has 4 nitrogen and oxygen atoms in total. The van der Waals surface area contributed by atoms with Gasteiger partial charge in [-0.2, -0.15) is 0 Å². The van der Waals surface area contributed by atoms with Gasteiger partial charge in [0, 0.05) is 38.7 Å². The van der Waals surface area contributed by atoms with Crippen LogP contribution in [0.2, 0.25) is 0 Å². The van der Waals surface area contributed by atoms with Crippen LogP contribution in [0.4, 0.5) is 0 Å². The molecule has 2 rings (SSSR count). The fourth-order valence-corrected chi connectivity index (χ4v) is 4.20. The van der Waals surface area contributed by atoms with Gasteiger partial charge >= 0.3 is 0 Å². The lowest BCUT2D eigenvalue weighted by molar-refractivity contribution is -0.130. The molecule has 0 aromatic heterocycles. The molecular weight excluding hydrogens is 300 g/mol. The van der Waals surface area contributed by atoms with Crippen molar-refractivity contribution in [2.24, 2.45) is 11.8 Å². The lowest BCUT2D eigenvalue weighted by Crippen LogP contribution is -2.33. The molecule has 0 spiro atoms. The molecule has 2 aliphatic rings. The van der Waals surface area contributed by atoms with Gasteiger partial charge in [-0.1, -0.05) is 18.9 Å². The highest BCUT2D eigenvalue weighted by atomic mass is 16.2. The zero-order chi connectivity index (χ0) is 17.5. The summed E-state index contributed by atoms with van der Waals surface area (Å²) in [6.07, 6.45) is 10.7. The first-order chi connectivity index (χ1) is 11.5. The van der Waals surface area contributed by atoms with Crippen molar-refractivity contribution in [1.29, 1.82) is 0 Å². The molecule has 24 heavy (non-hydrogen) atoms. The van der Waals surface area contributed by atoms with E-state index in [1.807, 2.05) is 30.7 Å². The van der Waals surface area contributed by atoms with Gasteiger partial charge in [0.2, 0.25) is 11.8 Å². The highest BCUT2D eigenvalue weighted by Crippen LogP contribution is 2.39. The van der Waals surface area contributed by atoms with Crippen LogP contribution in [0.15, 0.2) is 11.6 Å². The number of likely N-dealkylation sites (N-methyl/N-ethyl adjacent to an activating group) is 1. The average molecular weight is 335 g/mol. The Morgan fingerprint density at radius 1 is 1.17 bits per heavy atom. The summed E-state index contributed by atoms with van der Waals surface area (Å²) in [6, 6.07) is 0. The predicted octanol–water partition coefficient (Wildman–Crippen LogP) is 3.62. The Hall–Kier alpha value is -1.32. The van der Waals surface area contributed by atoms with Gasteiger partial charge in [0.05, 0.1) is 0 Å². The van der Waals surface area contributed by atoms with Crippen LogP contribution < -0.4 is 0 Å². The molecular formula is C20H34N2O2. The smallest absolute Gasteiger partial charge is 0.249 e. The van der Waals surface area contributed by atoms with Crippen LogP contribution in [0.1, 0.15) is 65.2 Å². The summed E-state index contributed by atoms with van der Waals surface area (Å²) >= 11 is 0. The number of unbranched alkanes of at least 4 members (excludes halogenated alkanes) is 1. The third kappa shape index (κ3) is 5.09. The van der Waals surface area contributed by atoms with Crippen molar-refractivity contribution in [2.75, 3.05) is 26.7 Å². The quantitative estimate of drug-likeness (QED) is 0.636. The van der Waals surface area contributed by atoms with E-state index in [0.29, 0.717) is 12.3 Å². The predicted molar refractivity (Wildman–Crippen MR) is 97.6 cm³/mol. The number of rotatable bonds is 8. The zero-order valence-corrected chi connectivity index (χ0v) is 15.7. The van der Waals surface area contributed by atoms with Gasteiger partial charge in [-0.25, -0.2) is 0 Å². The minimum Gasteiger partial charge on any atom is -0.343 e. The van der Waals surface area contributed by atoms with Gasteiger partial charge in [-0.3, -0.25) is 9.59 Å². The first kappa shape index (κ1) is 19.0. The fourth-order valence-electron chi connectivity index (χ4n) is 4.20. The van der Waals surface area contributed by atoms with Crippen LogP contribution in [0, 0.1) is 11.8 Å². The van der Waals surface area contributed by atoms with E-state index in [4.69, 9.17) is 0 Å². The fraction of sp³-hybridized carbons (Fsp3) is 0.800. The van der Waals surface area contributed by atoms with E-state index < -0.39 is 0 Å². The van der Waals surface area contributed by atoms with E-state index in [2.05, 4.69) is 6.08 Å². The van der Waals surface area contributed by atoms with Crippen molar-refractivity contribution >= 4 is 11.8 Å². The second-order valence-electron chi connectivity index (χ2n) is 7.44. The first-order valence-electron chi connectivity index (χ1n) is 9.79. The maximum Gasteiger partial charge on any atom is 0.249 e. The number of carbonyl (C=O) groups excluding carboxylic acids is 2. The molecule has 1 saturated carbocycles. The molecule has 0 N–H and O–H groups in total. The second kappa shape index (κ2) is 9.24. The molecule has 0 saturated heterocycles. The van der Waals surface area contributed by atoms with Gasteiger partial charge in [0.1, 0.15) is 0 Å². The van der Waals surface area contributed by atoms with E-state index >= 15 is 0 Å². The van der Waals surface area contributed by atoms with Gasteiger partial charge in [0.15, 0.2) is 0 Å². The Bertz CT molecular complexity index is 468. The third-order valence-electron chi connectivity index (χ3n) is 5.64. The molecule has 136 valence electrons. The van der Waals surface area contributed by atoms with Crippen LogP contribution in [-0.2, 0) is 9.59 Å². The molecule has 2 unspecified atom stereocenters. The normalized spacial score (nSPS) is 22.7. The van der Waals surface area contributed by atoms with Crippen molar-refractivity contribution in [2.45, 2.75) is 65.2 Å². The monoisotopic (exact) mass is 334 g/mol. The number of allylic oxidation sites excluding steroid dienone is 1. The molecule has 0 radical (unpaired) electrons. The number of amides is 2. The van der Waals surface area contributed by atoms with Crippen LogP contribution in [0.3, 0.4) is 0 Å². The summed E-state index contributed by atoms with van der Waals surface area (Å²) in [6.45, 7) is 6.34. The minimum atomic E-state index is 0.210. The van der Waals surface area contributed by atoms with E-state index in [1.165, 1.54) is 25.7 Å². The van der Waals surface area contributed by atoms with Crippen molar-refractivity contribution in [3.63, 3.8) is 0 Å². The summed E-state index contributed by atoms with van der Waals surface area (Å²) in [5.41, 5.74) is 1.04. The Morgan fingerprint density at radius 2 is 1.92 bits per heavy atom. The molecule has 0 aromatic rings. The summed E-state index contributed by atoms with van der Waals surface area (Å²) in [5, 5.41) is 0. The topological polar surface area (TPSA) is 40.6 Å². The van der Waals surface area contributed by atoms with Crippen molar-refractivity contribution in [3.8, 4) is 0 Å². The van der Waals surface area contributed by atoms with Gasteiger partial charge < -0.3 is 9.80 Å². The Kier molecular flexibility index (Phi) is 7.32. The van der Waals surface area contributed by atoms with Gasteiger partial charge in [0.25, 0.3) is 0 Å². The van der Waals surface area contributed by atoms with Gasteiger partial charge in [-0.05, 0) is 57.8 Å². The number of hydrogen-bond acceptors (Lipinski definition) is 2. The number of hydrogen-bond donors (Lipinski definition) is 0. The van der Waals surface area contributed by atoms with Crippen LogP contribution in [0.5, 0.6) is 0 Å². The highest BCUT2D eigenvalue weighted by molar-refractivity contribution is 5.93. The summed E-state index contributed by atoms with van der Waals surface area (Å²) in [7, 11) is 1.90. The molecule has 0 heterocycles. The van der Waals surface area contributed by atoms with Crippen molar-refractivity contribution in [1.82, 2.24) is 9.80 Å². The van der Waals surface area contributed by atoms with Crippen molar-refractivity contribution < 1.29 is 9.59 Å². The molecule has 2 amide bonds. The van der Waals surface area contributed by atoms with Crippen molar-refractivity contribution in [3.05, 3.63) is 11.6 Å². The molecule has 1 fully saturated rings. The molecule has 4 heteroatoms. The summed E-state index contributed by atoms with van der Waals surface area (Å²) < 4.78 is 0. The van der Waals surface area contributed by atoms with E-state index in [-0.39, 0.29) is 11.8 Å². The molecule has 0 aromatic carbocycles. The minimum absolute atomic E-state index is 0.210. The zero-order valence-electron chi connectivity index (χ0n) is 15.7. The Labute approximate surface area is 147 Å². The largest absolute Gasteiger partial charge is 0.343 e. The number of fused-ring (bicyclic) bond motifs is 2. The molecule has 2 atom stereocenters. The summed E-state index contributed by atoms with van der Waals surface area (Å²) in [4.78, 5) is 28.4.